The number of benzene rings is 1. The molecular formula is C17H19ClN2O4. The first-order valence-electron chi connectivity index (χ1n) is 7.37. The molecule has 0 bridgehead atoms. The van der Waals surface area contributed by atoms with Crippen LogP contribution in [0.3, 0.4) is 0 Å². The molecular weight excluding hydrogens is 332 g/mol. The predicted octanol–water partition coefficient (Wildman–Crippen LogP) is 1.88. The lowest BCUT2D eigenvalue weighted by Gasteiger charge is -2.10. The van der Waals surface area contributed by atoms with Gasteiger partial charge in [-0.15, -0.1) is 0 Å². The summed E-state index contributed by atoms with van der Waals surface area (Å²) in [7, 11) is 3.15. The molecule has 1 aromatic heterocycles. The Kier molecular flexibility index (Phi) is 6.26. The van der Waals surface area contributed by atoms with Crippen molar-refractivity contribution < 1.29 is 14.3 Å². The van der Waals surface area contributed by atoms with Crippen molar-refractivity contribution in [1.82, 2.24) is 9.88 Å². The Labute approximate surface area is 145 Å². The van der Waals surface area contributed by atoms with Crippen LogP contribution in [-0.4, -0.2) is 31.2 Å². The van der Waals surface area contributed by atoms with Crippen LogP contribution in [0.25, 0.3) is 0 Å². The summed E-state index contributed by atoms with van der Waals surface area (Å²) in [6, 6.07) is 8.43. The lowest BCUT2D eigenvalue weighted by molar-refractivity contribution is -0.121. The molecule has 0 aliphatic rings. The molecule has 0 aliphatic heterocycles. The Morgan fingerprint density at radius 2 is 1.92 bits per heavy atom. The van der Waals surface area contributed by atoms with Gasteiger partial charge in [0.2, 0.25) is 5.91 Å². The van der Waals surface area contributed by atoms with Crippen LogP contribution in [0, 0.1) is 0 Å². The number of carbonyl (C=O) groups is 1. The third-order valence-electron chi connectivity index (χ3n) is 3.45. The number of aromatic nitrogens is 1. The largest absolute Gasteiger partial charge is 0.493 e. The zero-order valence-electron chi connectivity index (χ0n) is 13.5. The summed E-state index contributed by atoms with van der Waals surface area (Å²) in [4.78, 5) is 23.6. The van der Waals surface area contributed by atoms with Gasteiger partial charge in [-0.1, -0.05) is 17.7 Å². The second-order valence-corrected chi connectivity index (χ2v) is 5.54. The molecule has 24 heavy (non-hydrogen) atoms. The Morgan fingerprint density at radius 3 is 2.62 bits per heavy atom. The molecule has 2 aromatic rings. The average Bonchev–Trinajstić information content (AvgIpc) is 2.58. The van der Waals surface area contributed by atoms with Crippen molar-refractivity contribution in [2.24, 2.45) is 0 Å². The molecule has 0 saturated heterocycles. The molecule has 1 heterocycles. The Bertz CT molecular complexity index is 773. The van der Waals surface area contributed by atoms with Gasteiger partial charge >= 0.3 is 0 Å². The zero-order valence-corrected chi connectivity index (χ0v) is 14.3. The molecule has 1 amide bonds. The van der Waals surface area contributed by atoms with E-state index in [0.29, 0.717) is 29.5 Å². The number of amides is 1. The zero-order chi connectivity index (χ0) is 17.5. The molecule has 0 fully saturated rings. The predicted molar refractivity (Wildman–Crippen MR) is 92.0 cm³/mol. The van der Waals surface area contributed by atoms with E-state index in [1.54, 1.807) is 14.2 Å². The van der Waals surface area contributed by atoms with Gasteiger partial charge in [-0.25, -0.2) is 0 Å². The number of carbonyl (C=O) groups excluding carboxylic acids is 1. The third-order valence-corrected chi connectivity index (χ3v) is 3.67. The Hall–Kier alpha value is -2.47. The standard InChI is InChI=1S/C17H19ClN2O4/c1-23-14-5-3-12(9-15(14)24-2)7-8-19-16(21)11-20-10-13(18)4-6-17(20)22/h3-6,9-10H,7-8,11H2,1-2H3,(H,19,21). The third kappa shape index (κ3) is 4.76. The summed E-state index contributed by atoms with van der Waals surface area (Å²) in [5, 5.41) is 3.19. The SMILES string of the molecule is COc1ccc(CCNC(=O)Cn2cc(Cl)ccc2=O)cc1OC. The summed E-state index contributed by atoms with van der Waals surface area (Å²) in [6.07, 6.45) is 2.08. The highest BCUT2D eigenvalue weighted by Gasteiger charge is 2.07. The highest BCUT2D eigenvalue weighted by atomic mass is 35.5. The van der Waals surface area contributed by atoms with E-state index in [-0.39, 0.29) is 18.0 Å². The van der Waals surface area contributed by atoms with E-state index >= 15 is 0 Å². The van der Waals surface area contributed by atoms with Crippen LogP contribution in [0.5, 0.6) is 11.5 Å². The number of pyridine rings is 1. The number of halogens is 1. The highest BCUT2D eigenvalue weighted by Crippen LogP contribution is 2.27. The fourth-order valence-electron chi connectivity index (χ4n) is 2.22. The second kappa shape index (κ2) is 8.40. The fraction of sp³-hybridized carbons (Fsp3) is 0.294. The van der Waals surface area contributed by atoms with Gasteiger partial charge in [0, 0.05) is 18.8 Å². The quantitative estimate of drug-likeness (QED) is 0.827. The maximum atomic E-state index is 11.9. The molecule has 1 aromatic carbocycles. The summed E-state index contributed by atoms with van der Waals surface area (Å²) in [5.74, 6) is 1.05. The van der Waals surface area contributed by atoms with Gasteiger partial charge in [0.05, 0.1) is 19.2 Å². The summed E-state index contributed by atoms with van der Waals surface area (Å²) in [5.41, 5.74) is 0.738. The van der Waals surface area contributed by atoms with Crippen molar-refractivity contribution >= 4 is 17.5 Å². The molecule has 1 N–H and O–H groups in total. The minimum absolute atomic E-state index is 0.0642. The monoisotopic (exact) mass is 350 g/mol. The molecule has 6 nitrogen and oxygen atoms in total. The number of hydrogen-bond acceptors (Lipinski definition) is 4. The number of ether oxygens (including phenoxy) is 2. The van der Waals surface area contributed by atoms with Crippen LogP contribution in [0.2, 0.25) is 5.02 Å². The van der Waals surface area contributed by atoms with Crippen molar-refractivity contribution in [2.45, 2.75) is 13.0 Å². The smallest absolute Gasteiger partial charge is 0.251 e. The molecule has 0 spiro atoms. The summed E-state index contributed by atoms with van der Waals surface area (Å²) < 4.78 is 11.7. The first-order valence-corrected chi connectivity index (χ1v) is 7.75. The van der Waals surface area contributed by atoms with E-state index in [4.69, 9.17) is 21.1 Å². The molecule has 2 rings (SSSR count). The topological polar surface area (TPSA) is 69.6 Å². The number of nitrogens with one attached hydrogen (secondary N) is 1. The number of hydrogen-bond donors (Lipinski definition) is 1. The van der Waals surface area contributed by atoms with E-state index in [9.17, 15) is 9.59 Å². The number of nitrogens with zero attached hydrogens (tertiary/aromatic N) is 1. The first-order chi connectivity index (χ1) is 11.5. The van der Waals surface area contributed by atoms with Gasteiger partial charge in [0.15, 0.2) is 11.5 Å². The molecule has 7 heteroatoms. The lowest BCUT2D eigenvalue weighted by atomic mass is 10.1. The number of rotatable bonds is 7. The van der Waals surface area contributed by atoms with Crippen LogP contribution >= 0.6 is 11.6 Å². The van der Waals surface area contributed by atoms with Gasteiger partial charge in [0.25, 0.3) is 5.56 Å². The summed E-state index contributed by atoms with van der Waals surface area (Å²) in [6.45, 7) is 0.384. The van der Waals surface area contributed by atoms with Crippen LogP contribution in [-0.2, 0) is 17.8 Å². The van der Waals surface area contributed by atoms with Crippen molar-refractivity contribution in [3.63, 3.8) is 0 Å². The summed E-state index contributed by atoms with van der Waals surface area (Å²) >= 11 is 5.82. The average molecular weight is 351 g/mol. The Morgan fingerprint density at radius 1 is 1.17 bits per heavy atom. The van der Waals surface area contributed by atoms with Crippen LogP contribution < -0.4 is 20.3 Å². The van der Waals surface area contributed by atoms with E-state index in [1.165, 1.54) is 22.9 Å². The van der Waals surface area contributed by atoms with Crippen LogP contribution in [0.4, 0.5) is 0 Å². The second-order valence-electron chi connectivity index (χ2n) is 5.10. The van der Waals surface area contributed by atoms with Gasteiger partial charge in [0.1, 0.15) is 6.54 Å². The Balaban J connectivity index is 1.88. The molecule has 0 aliphatic carbocycles. The maximum Gasteiger partial charge on any atom is 0.251 e. The molecule has 128 valence electrons. The van der Waals surface area contributed by atoms with E-state index in [2.05, 4.69) is 5.32 Å². The van der Waals surface area contributed by atoms with E-state index < -0.39 is 0 Å². The van der Waals surface area contributed by atoms with E-state index in [1.807, 2.05) is 18.2 Å². The van der Waals surface area contributed by atoms with Crippen LogP contribution in [0.15, 0.2) is 41.3 Å². The van der Waals surface area contributed by atoms with Crippen molar-refractivity contribution in [3.05, 3.63) is 57.5 Å². The number of methoxy groups -OCH3 is 2. The highest BCUT2D eigenvalue weighted by molar-refractivity contribution is 6.30. The first kappa shape index (κ1) is 17.9. The molecule has 0 radical (unpaired) electrons. The minimum Gasteiger partial charge on any atom is -0.493 e. The lowest BCUT2D eigenvalue weighted by Crippen LogP contribution is -2.32. The van der Waals surface area contributed by atoms with Gasteiger partial charge < -0.3 is 19.4 Å². The van der Waals surface area contributed by atoms with Gasteiger partial charge in [-0.3, -0.25) is 9.59 Å². The van der Waals surface area contributed by atoms with E-state index in [0.717, 1.165) is 5.56 Å². The molecule has 0 saturated carbocycles. The molecule has 0 unspecified atom stereocenters. The van der Waals surface area contributed by atoms with Crippen LogP contribution in [0.1, 0.15) is 5.56 Å². The van der Waals surface area contributed by atoms with Crippen molar-refractivity contribution in [1.29, 1.82) is 0 Å². The minimum atomic E-state index is -0.269. The van der Waals surface area contributed by atoms with Gasteiger partial charge in [-0.2, -0.15) is 0 Å². The normalized spacial score (nSPS) is 10.3. The van der Waals surface area contributed by atoms with Crippen molar-refractivity contribution in [3.8, 4) is 11.5 Å². The fourth-order valence-corrected chi connectivity index (χ4v) is 2.40. The van der Waals surface area contributed by atoms with Crippen molar-refractivity contribution in [2.75, 3.05) is 20.8 Å². The molecule has 0 atom stereocenters. The van der Waals surface area contributed by atoms with Gasteiger partial charge in [-0.05, 0) is 30.2 Å². The maximum absolute atomic E-state index is 11.9.